The first kappa shape index (κ1) is 10.4. The molecule has 2 N–H and O–H groups in total. The standard InChI is InChI=1S/C8H8O6/c9-5-3-4(6(10)11)1-2-8(5,14)7(12)13/h1-3,5,9,14H,(H,10,11)(H,12,13)/p-2/t5-,8+/m1/s1. The number of aliphatic hydroxyl groups excluding tert-OH is 1. The Kier molecular flexibility index (Phi) is 2.41. The monoisotopic (exact) mass is 198 g/mol. The van der Waals surface area contributed by atoms with Gasteiger partial charge in [0.2, 0.25) is 0 Å². The van der Waals surface area contributed by atoms with E-state index in [0.29, 0.717) is 12.2 Å². The minimum Gasteiger partial charge on any atom is -0.547 e. The van der Waals surface area contributed by atoms with E-state index >= 15 is 0 Å². The van der Waals surface area contributed by atoms with Gasteiger partial charge in [-0.1, -0.05) is 6.08 Å². The fourth-order valence-electron chi connectivity index (χ4n) is 0.993. The topological polar surface area (TPSA) is 121 Å². The second-order valence-electron chi connectivity index (χ2n) is 2.80. The molecule has 1 rings (SSSR count). The Bertz CT molecular complexity index is 342. The van der Waals surface area contributed by atoms with E-state index in [9.17, 15) is 24.9 Å². The summed E-state index contributed by atoms with van der Waals surface area (Å²) in [5.74, 6) is -3.48. The van der Waals surface area contributed by atoms with Crippen molar-refractivity contribution in [3.05, 3.63) is 23.8 Å². The number of hydrogen-bond acceptors (Lipinski definition) is 6. The normalized spacial score (nSPS) is 31.0. The molecule has 0 saturated heterocycles. The molecule has 0 saturated carbocycles. The Morgan fingerprint density at radius 3 is 2.36 bits per heavy atom. The first-order valence-electron chi connectivity index (χ1n) is 3.62. The Balaban J connectivity index is 3.02. The van der Waals surface area contributed by atoms with Crippen LogP contribution < -0.4 is 10.2 Å². The van der Waals surface area contributed by atoms with Crippen molar-refractivity contribution < 1.29 is 30.0 Å². The molecule has 6 heteroatoms. The molecule has 0 heterocycles. The molecular weight excluding hydrogens is 192 g/mol. The number of carboxylic acid groups (broad SMARTS) is 2. The van der Waals surface area contributed by atoms with Gasteiger partial charge in [-0.25, -0.2) is 0 Å². The molecule has 6 nitrogen and oxygen atoms in total. The van der Waals surface area contributed by atoms with E-state index in [4.69, 9.17) is 5.11 Å². The molecule has 0 unspecified atom stereocenters. The fourth-order valence-corrected chi connectivity index (χ4v) is 0.993. The summed E-state index contributed by atoms with van der Waals surface area (Å²) in [5, 5.41) is 39.1. The lowest BCUT2D eigenvalue weighted by atomic mass is 9.89. The summed E-state index contributed by atoms with van der Waals surface area (Å²) in [6.45, 7) is 0. The molecule has 1 aliphatic rings. The molecule has 0 fully saturated rings. The maximum Gasteiger partial charge on any atom is 0.152 e. The van der Waals surface area contributed by atoms with Crippen LogP contribution in [0.3, 0.4) is 0 Å². The van der Waals surface area contributed by atoms with Gasteiger partial charge >= 0.3 is 0 Å². The average molecular weight is 198 g/mol. The van der Waals surface area contributed by atoms with Crippen molar-refractivity contribution >= 4 is 11.9 Å². The maximum absolute atomic E-state index is 10.4. The lowest BCUT2D eigenvalue weighted by Gasteiger charge is -2.32. The smallest absolute Gasteiger partial charge is 0.152 e. The summed E-state index contributed by atoms with van der Waals surface area (Å²) in [7, 11) is 0. The predicted octanol–water partition coefficient (Wildman–Crippen LogP) is -3.93. The third kappa shape index (κ3) is 1.52. The number of aliphatic hydroxyl groups is 2. The van der Waals surface area contributed by atoms with Gasteiger partial charge in [0.1, 0.15) is 6.10 Å². The summed E-state index contributed by atoms with van der Waals surface area (Å²) in [4.78, 5) is 20.7. The van der Waals surface area contributed by atoms with Crippen LogP contribution in [0.4, 0.5) is 0 Å². The highest BCUT2D eigenvalue weighted by molar-refractivity contribution is 5.90. The van der Waals surface area contributed by atoms with Crippen LogP contribution in [-0.4, -0.2) is 33.9 Å². The van der Waals surface area contributed by atoms with E-state index < -0.39 is 29.2 Å². The Morgan fingerprint density at radius 2 is 2.00 bits per heavy atom. The van der Waals surface area contributed by atoms with Gasteiger partial charge in [0.15, 0.2) is 5.60 Å². The fraction of sp³-hybridized carbons (Fsp3) is 0.250. The molecule has 0 radical (unpaired) electrons. The lowest BCUT2D eigenvalue weighted by molar-refractivity contribution is -0.325. The molecule has 76 valence electrons. The van der Waals surface area contributed by atoms with Crippen LogP contribution in [-0.2, 0) is 9.59 Å². The number of rotatable bonds is 2. The number of carbonyl (C=O) groups excluding carboxylic acids is 2. The summed E-state index contributed by atoms with van der Waals surface area (Å²) < 4.78 is 0. The van der Waals surface area contributed by atoms with Crippen LogP contribution in [0.15, 0.2) is 23.8 Å². The Morgan fingerprint density at radius 1 is 1.43 bits per heavy atom. The first-order valence-corrected chi connectivity index (χ1v) is 3.62. The second kappa shape index (κ2) is 3.24. The van der Waals surface area contributed by atoms with Crippen molar-refractivity contribution in [3.63, 3.8) is 0 Å². The van der Waals surface area contributed by atoms with E-state index in [1.165, 1.54) is 0 Å². The minimum absolute atomic E-state index is 0.400. The van der Waals surface area contributed by atoms with Crippen molar-refractivity contribution in [1.82, 2.24) is 0 Å². The van der Waals surface area contributed by atoms with Gasteiger partial charge in [-0.05, 0) is 17.7 Å². The highest BCUT2D eigenvalue weighted by Gasteiger charge is 2.35. The molecule has 14 heavy (non-hydrogen) atoms. The molecule has 0 bridgehead atoms. The third-order valence-corrected chi connectivity index (χ3v) is 1.87. The summed E-state index contributed by atoms with van der Waals surface area (Å²) in [6.07, 6.45) is 0.270. The highest BCUT2D eigenvalue weighted by Crippen LogP contribution is 2.20. The summed E-state index contributed by atoms with van der Waals surface area (Å²) in [5.41, 5.74) is -2.98. The van der Waals surface area contributed by atoms with Crippen LogP contribution in [0.5, 0.6) is 0 Å². The summed E-state index contributed by atoms with van der Waals surface area (Å²) >= 11 is 0. The number of carbonyl (C=O) groups is 2. The molecule has 1 aliphatic carbocycles. The zero-order valence-corrected chi connectivity index (χ0v) is 6.84. The van der Waals surface area contributed by atoms with Crippen molar-refractivity contribution in [2.24, 2.45) is 0 Å². The number of hydrogen-bond donors (Lipinski definition) is 2. The van der Waals surface area contributed by atoms with Crippen LogP contribution in [0, 0.1) is 0 Å². The molecule has 0 aromatic carbocycles. The van der Waals surface area contributed by atoms with Crippen molar-refractivity contribution in [1.29, 1.82) is 0 Å². The molecule has 2 atom stereocenters. The highest BCUT2D eigenvalue weighted by atomic mass is 16.4. The number of carboxylic acids is 2. The van der Waals surface area contributed by atoms with Gasteiger partial charge in [0.05, 0.1) is 11.9 Å². The largest absolute Gasteiger partial charge is 0.547 e. The van der Waals surface area contributed by atoms with Crippen molar-refractivity contribution in [2.75, 3.05) is 0 Å². The Hall–Kier alpha value is -1.66. The van der Waals surface area contributed by atoms with Gasteiger partial charge in [-0.3, -0.25) is 0 Å². The van der Waals surface area contributed by atoms with Gasteiger partial charge < -0.3 is 30.0 Å². The van der Waals surface area contributed by atoms with Gasteiger partial charge in [0.25, 0.3) is 0 Å². The van der Waals surface area contributed by atoms with Crippen LogP contribution in [0.25, 0.3) is 0 Å². The van der Waals surface area contributed by atoms with Crippen LogP contribution >= 0.6 is 0 Å². The molecule has 0 aromatic heterocycles. The SMILES string of the molecule is O=C([O-])C1=C[C@@H](O)[C@](O)(C(=O)[O-])C=C1. The minimum atomic E-state index is -2.58. The maximum atomic E-state index is 10.4. The molecular formula is C8H6O6-2. The van der Waals surface area contributed by atoms with E-state index in [1.807, 2.05) is 0 Å². The molecule has 0 aliphatic heterocycles. The quantitative estimate of drug-likeness (QED) is 0.467. The lowest BCUT2D eigenvalue weighted by Crippen LogP contribution is -2.55. The van der Waals surface area contributed by atoms with Crippen LogP contribution in [0.2, 0.25) is 0 Å². The Labute approximate surface area is 78.4 Å². The molecule has 0 spiro atoms. The van der Waals surface area contributed by atoms with Gasteiger partial charge in [0, 0.05) is 0 Å². The average Bonchev–Trinajstić information content (AvgIpc) is 2.09. The third-order valence-electron chi connectivity index (χ3n) is 1.87. The van der Waals surface area contributed by atoms with Crippen molar-refractivity contribution in [3.8, 4) is 0 Å². The van der Waals surface area contributed by atoms with E-state index in [1.54, 1.807) is 0 Å². The predicted molar refractivity (Wildman–Crippen MR) is 38.2 cm³/mol. The van der Waals surface area contributed by atoms with Crippen molar-refractivity contribution in [2.45, 2.75) is 11.7 Å². The van der Waals surface area contributed by atoms with E-state index in [2.05, 4.69) is 0 Å². The second-order valence-corrected chi connectivity index (χ2v) is 2.80. The molecule has 0 amide bonds. The number of aliphatic carboxylic acids is 2. The zero-order chi connectivity index (χ0) is 10.9. The van der Waals surface area contributed by atoms with E-state index in [0.717, 1.165) is 6.08 Å². The zero-order valence-electron chi connectivity index (χ0n) is 6.84. The van der Waals surface area contributed by atoms with Crippen LogP contribution in [0.1, 0.15) is 0 Å². The molecule has 0 aromatic rings. The van der Waals surface area contributed by atoms with E-state index in [-0.39, 0.29) is 0 Å². The van der Waals surface area contributed by atoms with Gasteiger partial charge in [-0.2, -0.15) is 0 Å². The summed E-state index contributed by atoms with van der Waals surface area (Å²) in [6, 6.07) is 0. The first-order chi connectivity index (χ1) is 6.38. The van der Waals surface area contributed by atoms with Gasteiger partial charge in [-0.15, -0.1) is 0 Å².